The molecule has 0 saturated carbocycles. The molecule has 1 fully saturated rings. The van der Waals surface area contributed by atoms with Crippen LogP contribution < -0.4 is 9.47 Å². The first-order chi connectivity index (χ1) is 13.2. The first-order valence-electron chi connectivity index (χ1n) is 8.39. The van der Waals surface area contributed by atoms with Crippen LogP contribution >= 0.6 is 11.6 Å². The van der Waals surface area contributed by atoms with Crippen molar-refractivity contribution < 1.29 is 32.2 Å². The fourth-order valence-electron chi connectivity index (χ4n) is 2.77. The van der Waals surface area contributed by atoms with Crippen molar-refractivity contribution in [1.82, 2.24) is 4.90 Å². The van der Waals surface area contributed by atoms with Crippen molar-refractivity contribution >= 4 is 39.4 Å². The highest BCUT2D eigenvalue weighted by Gasteiger charge is 2.32. The Morgan fingerprint density at radius 2 is 2.00 bits per heavy atom. The van der Waals surface area contributed by atoms with Crippen molar-refractivity contribution in [1.29, 1.82) is 0 Å². The quantitative estimate of drug-likeness (QED) is 0.477. The van der Waals surface area contributed by atoms with E-state index in [0.717, 1.165) is 6.08 Å². The van der Waals surface area contributed by atoms with E-state index in [-0.39, 0.29) is 17.5 Å². The van der Waals surface area contributed by atoms with E-state index in [4.69, 9.17) is 25.8 Å². The lowest BCUT2D eigenvalue weighted by Crippen LogP contribution is -2.40. The molecule has 1 amide bonds. The van der Waals surface area contributed by atoms with Crippen LogP contribution in [-0.4, -0.2) is 70.6 Å². The summed E-state index contributed by atoms with van der Waals surface area (Å²) in [6, 6.07) is 2.83. The SMILES string of the molecule is COc1cc(C=CC(=O)OCC(=O)N(C)C2CCS(=O)(=O)C2)cc(Cl)c1OC. The topological polar surface area (TPSA) is 99.2 Å². The van der Waals surface area contributed by atoms with Gasteiger partial charge in [-0.05, 0) is 30.2 Å². The zero-order chi connectivity index (χ0) is 20.9. The molecule has 154 valence electrons. The number of sulfone groups is 1. The van der Waals surface area contributed by atoms with Crippen LogP contribution in [0.1, 0.15) is 12.0 Å². The largest absolute Gasteiger partial charge is 0.493 e. The molecule has 28 heavy (non-hydrogen) atoms. The smallest absolute Gasteiger partial charge is 0.331 e. The number of nitrogens with zero attached hydrogens (tertiary/aromatic N) is 1. The van der Waals surface area contributed by atoms with Gasteiger partial charge in [-0.3, -0.25) is 4.79 Å². The van der Waals surface area contributed by atoms with Crippen LogP contribution in [0.3, 0.4) is 0 Å². The lowest BCUT2D eigenvalue weighted by atomic mass is 10.2. The molecule has 0 spiro atoms. The number of benzene rings is 1. The van der Waals surface area contributed by atoms with Gasteiger partial charge < -0.3 is 19.1 Å². The molecule has 0 bridgehead atoms. The second-order valence-electron chi connectivity index (χ2n) is 6.24. The lowest BCUT2D eigenvalue weighted by Gasteiger charge is -2.22. The molecule has 0 aliphatic carbocycles. The Morgan fingerprint density at radius 3 is 2.57 bits per heavy atom. The van der Waals surface area contributed by atoms with Crippen LogP contribution in [0.5, 0.6) is 11.5 Å². The molecule has 1 unspecified atom stereocenters. The molecule has 10 heteroatoms. The number of amides is 1. The van der Waals surface area contributed by atoms with E-state index in [2.05, 4.69) is 0 Å². The van der Waals surface area contributed by atoms with E-state index in [1.54, 1.807) is 12.1 Å². The standard InChI is InChI=1S/C18H22ClNO7S/c1-20(13-6-7-28(23,24)11-13)16(21)10-27-17(22)5-4-12-8-14(19)18(26-3)15(9-12)25-2/h4-5,8-9,13H,6-7,10-11H2,1-3H3. The summed E-state index contributed by atoms with van der Waals surface area (Å²) in [7, 11) is 1.33. The number of ether oxygens (including phenoxy) is 3. The maximum atomic E-state index is 12.1. The minimum absolute atomic E-state index is 0.0612. The van der Waals surface area contributed by atoms with Crippen LogP contribution in [0, 0.1) is 0 Å². The van der Waals surface area contributed by atoms with Gasteiger partial charge in [0.2, 0.25) is 0 Å². The van der Waals surface area contributed by atoms with Crippen molar-refractivity contribution in [2.75, 3.05) is 39.4 Å². The predicted molar refractivity (Wildman–Crippen MR) is 104 cm³/mol. The summed E-state index contributed by atoms with van der Waals surface area (Å²) in [6.45, 7) is -0.469. The number of rotatable bonds is 7. The monoisotopic (exact) mass is 431 g/mol. The molecular weight excluding hydrogens is 410 g/mol. The van der Waals surface area contributed by atoms with Gasteiger partial charge in [-0.1, -0.05) is 11.6 Å². The highest BCUT2D eigenvalue weighted by atomic mass is 35.5. The third kappa shape index (κ3) is 5.62. The second-order valence-corrected chi connectivity index (χ2v) is 8.88. The highest BCUT2D eigenvalue weighted by Crippen LogP contribution is 2.36. The zero-order valence-electron chi connectivity index (χ0n) is 15.8. The van der Waals surface area contributed by atoms with Crippen molar-refractivity contribution in [3.8, 4) is 11.5 Å². The number of halogens is 1. The molecule has 1 saturated heterocycles. The minimum Gasteiger partial charge on any atom is -0.493 e. The van der Waals surface area contributed by atoms with Gasteiger partial charge in [-0.2, -0.15) is 0 Å². The first kappa shape index (κ1) is 22.0. The molecule has 0 N–H and O–H groups in total. The summed E-state index contributed by atoms with van der Waals surface area (Å²) in [6.07, 6.45) is 3.01. The van der Waals surface area contributed by atoms with Crippen LogP contribution in [0.4, 0.5) is 0 Å². The molecule has 0 aromatic heterocycles. The van der Waals surface area contributed by atoms with Gasteiger partial charge in [0.1, 0.15) is 0 Å². The molecule has 1 heterocycles. The van der Waals surface area contributed by atoms with E-state index in [1.807, 2.05) is 0 Å². The molecule has 2 rings (SSSR count). The van der Waals surface area contributed by atoms with Crippen molar-refractivity contribution in [2.24, 2.45) is 0 Å². The minimum atomic E-state index is -3.10. The number of carbonyl (C=O) groups excluding carboxylic acids is 2. The van der Waals surface area contributed by atoms with Gasteiger partial charge in [0.15, 0.2) is 27.9 Å². The fourth-order valence-corrected chi connectivity index (χ4v) is 4.84. The van der Waals surface area contributed by atoms with Gasteiger partial charge in [0.05, 0.1) is 30.7 Å². The van der Waals surface area contributed by atoms with E-state index < -0.39 is 28.3 Å². The summed E-state index contributed by atoms with van der Waals surface area (Å²) in [4.78, 5) is 25.3. The lowest BCUT2D eigenvalue weighted by molar-refractivity contribution is -0.148. The number of carbonyl (C=O) groups is 2. The third-order valence-corrected chi connectivity index (χ3v) is 6.39. The molecule has 0 radical (unpaired) electrons. The van der Waals surface area contributed by atoms with E-state index in [1.165, 1.54) is 32.2 Å². The molecular formula is C18H22ClNO7S. The van der Waals surface area contributed by atoms with Crippen molar-refractivity contribution in [3.05, 3.63) is 28.8 Å². The summed E-state index contributed by atoms with van der Waals surface area (Å²) < 4.78 is 38.3. The summed E-state index contributed by atoms with van der Waals surface area (Å²) >= 11 is 6.10. The Balaban J connectivity index is 1.92. The number of hydrogen-bond acceptors (Lipinski definition) is 7. The maximum absolute atomic E-state index is 12.1. The number of esters is 1. The molecule has 1 aromatic carbocycles. The maximum Gasteiger partial charge on any atom is 0.331 e. The number of hydrogen-bond donors (Lipinski definition) is 0. The fraction of sp³-hybridized carbons (Fsp3) is 0.444. The van der Waals surface area contributed by atoms with Crippen molar-refractivity contribution in [2.45, 2.75) is 12.5 Å². The molecule has 1 atom stereocenters. The van der Waals surface area contributed by atoms with Crippen LogP contribution in [-0.2, 0) is 24.2 Å². The van der Waals surface area contributed by atoms with E-state index in [9.17, 15) is 18.0 Å². The van der Waals surface area contributed by atoms with E-state index >= 15 is 0 Å². The van der Waals surface area contributed by atoms with Gasteiger partial charge >= 0.3 is 5.97 Å². The van der Waals surface area contributed by atoms with Gasteiger partial charge in [-0.15, -0.1) is 0 Å². The Morgan fingerprint density at radius 1 is 1.29 bits per heavy atom. The van der Waals surface area contributed by atoms with Gasteiger partial charge in [-0.25, -0.2) is 13.2 Å². The summed E-state index contributed by atoms with van der Waals surface area (Å²) in [5, 5.41) is 0.318. The average Bonchev–Trinajstić information content (AvgIpc) is 3.02. The highest BCUT2D eigenvalue weighted by molar-refractivity contribution is 7.91. The molecule has 1 aliphatic heterocycles. The molecule has 8 nitrogen and oxygen atoms in total. The number of likely N-dealkylation sites (N-methyl/N-ethyl adjacent to an activating group) is 1. The van der Waals surface area contributed by atoms with E-state index in [0.29, 0.717) is 28.5 Å². The first-order valence-corrected chi connectivity index (χ1v) is 10.6. The zero-order valence-corrected chi connectivity index (χ0v) is 17.4. The second kappa shape index (κ2) is 9.29. The van der Waals surface area contributed by atoms with Crippen LogP contribution in [0.25, 0.3) is 6.08 Å². The molecule has 1 aliphatic rings. The Hall–Kier alpha value is -2.26. The Kier molecular flexibility index (Phi) is 7.31. The predicted octanol–water partition coefficient (Wildman–Crippen LogP) is 1.56. The van der Waals surface area contributed by atoms with Crippen molar-refractivity contribution in [3.63, 3.8) is 0 Å². The van der Waals surface area contributed by atoms with Crippen LogP contribution in [0.2, 0.25) is 5.02 Å². The van der Waals surface area contributed by atoms with Crippen LogP contribution in [0.15, 0.2) is 18.2 Å². The third-order valence-electron chi connectivity index (χ3n) is 4.36. The average molecular weight is 432 g/mol. The normalized spacial score (nSPS) is 18.1. The Bertz CT molecular complexity index is 882. The molecule has 1 aromatic rings. The Labute approximate surface area is 168 Å². The van der Waals surface area contributed by atoms with Gasteiger partial charge in [0.25, 0.3) is 5.91 Å². The summed E-state index contributed by atoms with van der Waals surface area (Å²) in [5.41, 5.74) is 0.583. The van der Waals surface area contributed by atoms with Gasteiger partial charge in [0, 0.05) is 19.2 Å². The summed E-state index contributed by atoms with van der Waals surface area (Å²) in [5.74, 6) is -0.392. The number of methoxy groups -OCH3 is 2.